The van der Waals surface area contributed by atoms with Gasteiger partial charge in [-0.25, -0.2) is 14.8 Å². The Morgan fingerprint density at radius 3 is 2.30 bits per heavy atom. The van der Waals surface area contributed by atoms with Crippen molar-refractivity contribution in [1.29, 1.82) is 0 Å². The summed E-state index contributed by atoms with van der Waals surface area (Å²) in [6.45, 7) is 7.30. The van der Waals surface area contributed by atoms with Crippen LogP contribution in [0.15, 0.2) is 64.7 Å². The zero-order valence-corrected chi connectivity index (χ0v) is 24.3. The first-order chi connectivity index (χ1) is 17.4. The Morgan fingerprint density at radius 1 is 1.05 bits per heavy atom. The Kier molecular flexibility index (Phi) is 6.77. The molecule has 0 spiro atoms. The number of nitrogens with zero attached hydrogens (tertiary/aromatic N) is 2. The average Bonchev–Trinajstić information content (AvgIpc) is 3.44. The summed E-state index contributed by atoms with van der Waals surface area (Å²) in [4.78, 5) is 24.1. The van der Waals surface area contributed by atoms with Gasteiger partial charge < -0.3 is 15.2 Å². The van der Waals surface area contributed by atoms with Crippen molar-refractivity contribution in [2.24, 2.45) is 0 Å². The van der Waals surface area contributed by atoms with Gasteiger partial charge in [-0.05, 0) is 54.8 Å². The predicted molar refractivity (Wildman–Crippen MR) is 153 cm³/mol. The minimum atomic E-state index is -0.846. The van der Waals surface area contributed by atoms with Crippen LogP contribution in [0.1, 0.15) is 46.1 Å². The molecule has 1 amide bonds. The van der Waals surface area contributed by atoms with Crippen molar-refractivity contribution in [3.05, 3.63) is 70.3 Å². The number of thiazole rings is 2. The van der Waals surface area contributed by atoms with E-state index in [0.29, 0.717) is 12.8 Å². The molecular formula is C28H28BrN3O3S2. The first kappa shape index (κ1) is 26.0. The summed E-state index contributed by atoms with van der Waals surface area (Å²) in [7, 11) is 0. The molecule has 6 nitrogen and oxygen atoms in total. The van der Waals surface area contributed by atoms with Crippen molar-refractivity contribution in [3.8, 4) is 31.6 Å². The lowest BCUT2D eigenvalue weighted by atomic mass is 9.62. The van der Waals surface area contributed by atoms with Gasteiger partial charge in [-0.1, -0.05) is 54.6 Å². The van der Waals surface area contributed by atoms with Crippen molar-refractivity contribution in [2.75, 3.05) is 0 Å². The van der Waals surface area contributed by atoms with E-state index in [2.05, 4.69) is 38.4 Å². The number of alkyl carbamates (subject to hydrolysis) is 1. The van der Waals surface area contributed by atoms with E-state index in [1.807, 2.05) is 69.4 Å². The highest BCUT2D eigenvalue weighted by Gasteiger charge is 2.53. The minimum Gasteiger partial charge on any atom is -0.444 e. The molecule has 5 rings (SSSR count). The second-order valence-corrected chi connectivity index (χ2v) is 14.0. The molecule has 0 atom stereocenters. The largest absolute Gasteiger partial charge is 0.444 e. The standard InChI is InChI=1S/C28H28BrN3O3S2/c1-26(2,3)35-25(33)32-28(15-27(4,34)16-28)19-12-10-17(11-13-19)21-22(18-8-6-5-7-9-18)37-23(31-21)20-14-30-24(29)36-20/h5-14,34H,15-16H2,1-4H3,(H,32,33)/t27-,28-. The highest BCUT2D eigenvalue weighted by molar-refractivity contribution is 9.11. The van der Waals surface area contributed by atoms with Crippen LogP contribution in [0.25, 0.3) is 31.6 Å². The zero-order valence-electron chi connectivity index (χ0n) is 21.0. The number of hydrogen-bond acceptors (Lipinski definition) is 7. The number of aromatic nitrogens is 2. The number of hydrogen-bond donors (Lipinski definition) is 2. The number of amides is 1. The van der Waals surface area contributed by atoms with Crippen LogP contribution in [0.4, 0.5) is 4.79 Å². The second kappa shape index (κ2) is 9.62. The molecule has 2 aromatic carbocycles. The van der Waals surface area contributed by atoms with Crippen LogP contribution in [0.3, 0.4) is 0 Å². The Morgan fingerprint density at radius 2 is 1.73 bits per heavy atom. The molecule has 2 aromatic heterocycles. The number of benzene rings is 2. The van der Waals surface area contributed by atoms with Gasteiger partial charge in [0.15, 0.2) is 3.92 Å². The number of nitrogens with one attached hydrogen (secondary N) is 1. The molecule has 0 saturated heterocycles. The SMILES string of the molecule is CC(C)(C)OC(=O)N[C@]1(c2ccc(-c3nc(-c4cnc(Br)s4)sc3-c3ccccc3)cc2)C[C@@](C)(O)C1. The molecule has 4 aromatic rings. The van der Waals surface area contributed by atoms with E-state index in [0.717, 1.165) is 41.1 Å². The number of carbonyl (C=O) groups is 1. The molecule has 1 aliphatic carbocycles. The van der Waals surface area contributed by atoms with Gasteiger partial charge in [0.05, 0.1) is 26.6 Å². The van der Waals surface area contributed by atoms with Crippen molar-refractivity contribution < 1.29 is 14.6 Å². The highest BCUT2D eigenvalue weighted by atomic mass is 79.9. The van der Waals surface area contributed by atoms with E-state index < -0.39 is 22.8 Å². The molecule has 1 fully saturated rings. The zero-order chi connectivity index (χ0) is 26.4. The first-order valence-electron chi connectivity index (χ1n) is 12.0. The lowest BCUT2D eigenvalue weighted by Gasteiger charge is -2.52. The van der Waals surface area contributed by atoms with Gasteiger partial charge in [0.2, 0.25) is 0 Å². The molecule has 9 heteroatoms. The van der Waals surface area contributed by atoms with Crippen molar-refractivity contribution >= 4 is 44.7 Å². The Bertz CT molecular complexity index is 1420. The van der Waals surface area contributed by atoms with Gasteiger partial charge in [0.1, 0.15) is 10.6 Å². The molecule has 2 heterocycles. The van der Waals surface area contributed by atoms with Gasteiger partial charge in [-0.15, -0.1) is 22.7 Å². The normalized spacial score (nSPS) is 21.4. The molecule has 192 valence electrons. The first-order valence-corrected chi connectivity index (χ1v) is 14.4. The quantitative estimate of drug-likeness (QED) is 0.247. The molecule has 0 bridgehead atoms. The predicted octanol–water partition coefficient (Wildman–Crippen LogP) is 7.63. The maximum Gasteiger partial charge on any atom is 0.408 e. The second-order valence-electron chi connectivity index (χ2n) is 10.7. The molecule has 0 unspecified atom stereocenters. The van der Waals surface area contributed by atoms with Crippen LogP contribution < -0.4 is 5.32 Å². The van der Waals surface area contributed by atoms with Crippen LogP contribution in [-0.4, -0.2) is 32.4 Å². The van der Waals surface area contributed by atoms with Crippen molar-refractivity contribution in [1.82, 2.24) is 15.3 Å². The van der Waals surface area contributed by atoms with Crippen LogP contribution in [-0.2, 0) is 10.3 Å². The molecule has 1 aliphatic rings. The maximum atomic E-state index is 12.6. The summed E-state index contributed by atoms with van der Waals surface area (Å²) in [5.41, 5.74) is 1.77. The molecule has 1 saturated carbocycles. The number of ether oxygens (including phenoxy) is 1. The molecule has 37 heavy (non-hydrogen) atoms. The summed E-state index contributed by atoms with van der Waals surface area (Å²) in [6, 6.07) is 18.3. The molecule has 0 radical (unpaired) electrons. The van der Waals surface area contributed by atoms with Crippen LogP contribution in [0.2, 0.25) is 0 Å². The van der Waals surface area contributed by atoms with Crippen LogP contribution >= 0.6 is 38.6 Å². The number of carbonyl (C=O) groups excluding carboxylic acids is 1. The van der Waals surface area contributed by atoms with Crippen LogP contribution in [0.5, 0.6) is 0 Å². The Balaban J connectivity index is 1.50. The highest BCUT2D eigenvalue weighted by Crippen LogP contribution is 2.49. The van der Waals surface area contributed by atoms with Gasteiger partial charge >= 0.3 is 6.09 Å². The summed E-state index contributed by atoms with van der Waals surface area (Å²) < 4.78 is 6.34. The third-order valence-corrected chi connectivity index (χ3v) is 8.92. The Hall–Kier alpha value is -2.59. The summed E-state index contributed by atoms with van der Waals surface area (Å²) in [6.07, 6.45) is 2.17. The molecule has 0 aliphatic heterocycles. The van der Waals surface area contributed by atoms with E-state index in [1.54, 1.807) is 29.6 Å². The fraction of sp³-hybridized carbons (Fsp3) is 0.321. The summed E-state index contributed by atoms with van der Waals surface area (Å²) in [5, 5.41) is 14.5. The minimum absolute atomic E-state index is 0.412. The van der Waals surface area contributed by atoms with Crippen LogP contribution in [0, 0.1) is 0 Å². The van der Waals surface area contributed by atoms with E-state index >= 15 is 0 Å². The molecule has 2 N–H and O–H groups in total. The average molecular weight is 599 g/mol. The topological polar surface area (TPSA) is 84.3 Å². The van der Waals surface area contributed by atoms with Gasteiger partial charge in [0, 0.05) is 24.6 Å². The number of aliphatic hydroxyl groups is 1. The third-order valence-electron chi connectivity index (χ3n) is 6.17. The van der Waals surface area contributed by atoms with E-state index in [-0.39, 0.29) is 0 Å². The summed E-state index contributed by atoms with van der Waals surface area (Å²) >= 11 is 6.65. The van der Waals surface area contributed by atoms with Gasteiger partial charge in [-0.2, -0.15) is 0 Å². The Labute approximate surface area is 232 Å². The van der Waals surface area contributed by atoms with Gasteiger partial charge in [0.25, 0.3) is 0 Å². The third kappa shape index (κ3) is 5.65. The van der Waals surface area contributed by atoms with E-state index in [1.165, 1.54) is 0 Å². The number of rotatable bonds is 5. The fourth-order valence-corrected chi connectivity index (χ4v) is 7.22. The van der Waals surface area contributed by atoms with Crippen molar-refractivity contribution in [3.63, 3.8) is 0 Å². The fourth-order valence-electron chi connectivity index (χ4n) is 4.82. The maximum absolute atomic E-state index is 12.6. The smallest absolute Gasteiger partial charge is 0.408 e. The lowest BCUT2D eigenvalue weighted by Crippen LogP contribution is -2.62. The summed E-state index contributed by atoms with van der Waals surface area (Å²) in [5.74, 6) is 0. The monoisotopic (exact) mass is 597 g/mol. The lowest BCUT2D eigenvalue weighted by molar-refractivity contribution is -0.0892. The molecular weight excluding hydrogens is 570 g/mol. The van der Waals surface area contributed by atoms with Gasteiger partial charge in [-0.3, -0.25) is 0 Å². The van der Waals surface area contributed by atoms with E-state index in [9.17, 15) is 9.90 Å². The van der Waals surface area contributed by atoms with Crippen molar-refractivity contribution in [2.45, 2.75) is 57.3 Å². The van der Waals surface area contributed by atoms with E-state index in [4.69, 9.17) is 9.72 Å². The number of halogens is 1.